The SMILES string of the molecule is CCC1=NN(C(=O)OC(C)(C)C)[C@](O)(C(F)(F)F)C1. The molecule has 1 atom stereocenters. The van der Waals surface area contributed by atoms with E-state index in [2.05, 4.69) is 5.10 Å². The second-order valence-corrected chi connectivity index (χ2v) is 5.30. The monoisotopic (exact) mass is 282 g/mol. The molecule has 0 aromatic carbocycles. The Labute approximate surface area is 109 Å². The van der Waals surface area contributed by atoms with Crippen molar-refractivity contribution in [2.24, 2.45) is 5.10 Å². The van der Waals surface area contributed by atoms with Gasteiger partial charge in [0.1, 0.15) is 5.60 Å². The van der Waals surface area contributed by atoms with Crippen LogP contribution in [0.5, 0.6) is 0 Å². The second-order valence-electron chi connectivity index (χ2n) is 5.30. The predicted octanol–water partition coefficient (Wildman–Crippen LogP) is 2.64. The van der Waals surface area contributed by atoms with Crippen molar-refractivity contribution in [3.8, 4) is 0 Å². The van der Waals surface area contributed by atoms with Gasteiger partial charge < -0.3 is 9.84 Å². The summed E-state index contributed by atoms with van der Waals surface area (Å²) in [5.74, 6) is 0. The number of nitrogens with zero attached hydrogens (tertiary/aromatic N) is 2. The van der Waals surface area contributed by atoms with E-state index in [1.165, 1.54) is 20.8 Å². The Hall–Kier alpha value is -1.31. The number of alkyl halides is 3. The van der Waals surface area contributed by atoms with Gasteiger partial charge in [-0.25, -0.2) is 4.79 Å². The van der Waals surface area contributed by atoms with Crippen LogP contribution < -0.4 is 0 Å². The van der Waals surface area contributed by atoms with Gasteiger partial charge in [0.15, 0.2) is 0 Å². The van der Waals surface area contributed by atoms with E-state index < -0.39 is 30.0 Å². The van der Waals surface area contributed by atoms with Crippen LogP contribution in [0.15, 0.2) is 5.10 Å². The molecule has 19 heavy (non-hydrogen) atoms. The van der Waals surface area contributed by atoms with Crippen molar-refractivity contribution in [2.75, 3.05) is 0 Å². The van der Waals surface area contributed by atoms with Gasteiger partial charge in [-0.3, -0.25) is 0 Å². The van der Waals surface area contributed by atoms with Crippen LogP contribution in [-0.4, -0.2) is 39.4 Å². The fourth-order valence-electron chi connectivity index (χ4n) is 1.53. The third-order valence-corrected chi connectivity index (χ3v) is 2.47. The predicted molar refractivity (Wildman–Crippen MR) is 61.4 cm³/mol. The molecule has 0 aliphatic carbocycles. The van der Waals surface area contributed by atoms with E-state index >= 15 is 0 Å². The Morgan fingerprint density at radius 2 is 2.00 bits per heavy atom. The average molecular weight is 282 g/mol. The van der Waals surface area contributed by atoms with Crippen LogP contribution in [-0.2, 0) is 4.74 Å². The Balaban J connectivity index is 3.06. The van der Waals surface area contributed by atoms with Gasteiger partial charge in [0, 0.05) is 12.1 Å². The quantitative estimate of drug-likeness (QED) is 0.804. The molecular formula is C11H17F3N2O3. The molecule has 0 radical (unpaired) electrons. The summed E-state index contributed by atoms with van der Waals surface area (Å²) >= 11 is 0. The molecule has 0 bridgehead atoms. The summed E-state index contributed by atoms with van der Waals surface area (Å²) in [7, 11) is 0. The lowest BCUT2D eigenvalue weighted by molar-refractivity contribution is -0.300. The molecule has 0 aromatic rings. The number of amides is 1. The number of rotatable bonds is 1. The molecule has 0 saturated heterocycles. The molecule has 1 aliphatic rings. The van der Waals surface area contributed by atoms with Gasteiger partial charge in [-0.15, -0.1) is 0 Å². The zero-order valence-corrected chi connectivity index (χ0v) is 11.2. The number of hydrogen-bond donors (Lipinski definition) is 1. The molecule has 0 saturated carbocycles. The van der Waals surface area contributed by atoms with Crippen LogP contribution in [0.1, 0.15) is 40.5 Å². The molecule has 5 nitrogen and oxygen atoms in total. The van der Waals surface area contributed by atoms with E-state index in [9.17, 15) is 23.1 Å². The van der Waals surface area contributed by atoms with Gasteiger partial charge in [-0.05, 0) is 27.2 Å². The van der Waals surface area contributed by atoms with Crippen LogP contribution in [0, 0.1) is 0 Å². The van der Waals surface area contributed by atoms with Gasteiger partial charge in [0.2, 0.25) is 0 Å². The van der Waals surface area contributed by atoms with Crippen LogP contribution in [0.2, 0.25) is 0 Å². The fraction of sp³-hybridized carbons (Fsp3) is 0.818. The standard InChI is InChI=1S/C11H17F3N2O3/c1-5-7-6-10(18,11(12,13)14)16(15-7)8(17)19-9(2,3)4/h18H,5-6H2,1-4H3/t10-/m1/s1. The van der Waals surface area contributed by atoms with Crippen molar-refractivity contribution in [3.63, 3.8) is 0 Å². The van der Waals surface area contributed by atoms with Crippen molar-refractivity contribution in [2.45, 2.75) is 58.0 Å². The van der Waals surface area contributed by atoms with E-state index in [1.807, 2.05) is 0 Å². The largest absolute Gasteiger partial charge is 0.442 e. The topological polar surface area (TPSA) is 62.1 Å². The first-order valence-electron chi connectivity index (χ1n) is 5.79. The lowest BCUT2D eigenvalue weighted by Crippen LogP contribution is -2.57. The fourth-order valence-corrected chi connectivity index (χ4v) is 1.53. The maximum absolute atomic E-state index is 12.9. The summed E-state index contributed by atoms with van der Waals surface area (Å²) in [6.07, 6.45) is -6.88. The lowest BCUT2D eigenvalue weighted by atomic mass is 10.1. The number of carbonyl (C=O) groups is 1. The number of hydrazone groups is 1. The number of aliphatic hydroxyl groups is 1. The summed E-state index contributed by atoms with van der Waals surface area (Å²) in [5.41, 5.74) is -4.22. The highest BCUT2D eigenvalue weighted by Crippen LogP contribution is 2.41. The minimum Gasteiger partial charge on any atom is -0.442 e. The molecule has 1 heterocycles. The molecule has 1 amide bonds. The summed E-state index contributed by atoms with van der Waals surface area (Å²) in [6, 6.07) is 0. The first kappa shape index (κ1) is 15.7. The zero-order chi connectivity index (χ0) is 15.1. The average Bonchev–Trinajstić information content (AvgIpc) is 2.53. The Morgan fingerprint density at radius 1 is 1.47 bits per heavy atom. The van der Waals surface area contributed by atoms with Gasteiger partial charge >= 0.3 is 12.3 Å². The third kappa shape index (κ3) is 3.17. The van der Waals surface area contributed by atoms with Gasteiger partial charge in [0.05, 0.1) is 0 Å². The maximum Gasteiger partial charge on any atom is 0.439 e. The molecule has 0 aromatic heterocycles. The van der Waals surface area contributed by atoms with E-state index in [0.29, 0.717) is 0 Å². The third-order valence-electron chi connectivity index (χ3n) is 2.47. The summed E-state index contributed by atoms with van der Waals surface area (Å²) < 4.78 is 43.6. The molecule has 1 aliphatic heterocycles. The number of ether oxygens (including phenoxy) is 1. The van der Waals surface area contributed by atoms with E-state index in [-0.39, 0.29) is 17.1 Å². The van der Waals surface area contributed by atoms with Crippen LogP contribution in [0.25, 0.3) is 0 Å². The van der Waals surface area contributed by atoms with Crippen LogP contribution in [0.4, 0.5) is 18.0 Å². The number of halogens is 3. The summed E-state index contributed by atoms with van der Waals surface area (Å²) in [5, 5.41) is 13.2. The van der Waals surface area contributed by atoms with Crippen LogP contribution >= 0.6 is 0 Å². The van der Waals surface area contributed by atoms with Crippen molar-refractivity contribution in [1.82, 2.24) is 5.01 Å². The smallest absolute Gasteiger partial charge is 0.439 e. The molecule has 0 unspecified atom stereocenters. The van der Waals surface area contributed by atoms with Gasteiger partial charge in [0.25, 0.3) is 5.72 Å². The molecule has 8 heteroatoms. The van der Waals surface area contributed by atoms with Crippen molar-refractivity contribution < 1.29 is 27.8 Å². The van der Waals surface area contributed by atoms with Gasteiger partial charge in [-0.1, -0.05) is 6.92 Å². The molecule has 0 spiro atoms. The first-order valence-corrected chi connectivity index (χ1v) is 5.79. The van der Waals surface area contributed by atoms with Crippen LogP contribution in [0.3, 0.4) is 0 Å². The van der Waals surface area contributed by atoms with Crippen molar-refractivity contribution in [3.05, 3.63) is 0 Å². The first-order chi connectivity index (χ1) is 8.40. The minimum atomic E-state index is -5.01. The van der Waals surface area contributed by atoms with E-state index in [0.717, 1.165) is 0 Å². The molecule has 110 valence electrons. The molecule has 1 N–H and O–H groups in total. The highest BCUT2D eigenvalue weighted by molar-refractivity contribution is 5.89. The molecule has 1 rings (SSSR count). The van der Waals surface area contributed by atoms with Crippen molar-refractivity contribution >= 4 is 11.8 Å². The van der Waals surface area contributed by atoms with Gasteiger partial charge in [-0.2, -0.15) is 23.3 Å². The highest BCUT2D eigenvalue weighted by Gasteiger charge is 2.63. The van der Waals surface area contributed by atoms with E-state index in [1.54, 1.807) is 6.92 Å². The zero-order valence-electron chi connectivity index (χ0n) is 11.2. The minimum absolute atomic E-state index is 0.0168. The summed E-state index contributed by atoms with van der Waals surface area (Å²) in [4.78, 5) is 11.7. The molecule has 0 fully saturated rings. The molecular weight excluding hydrogens is 265 g/mol. The maximum atomic E-state index is 12.9. The van der Waals surface area contributed by atoms with E-state index in [4.69, 9.17) is 4.74 Å². The summed E-state index contributed by atoms with van der Waals surface area (Å²) in [6.45, 7) is 6.13. The Morgan fingerprint density at radius 3 is 2.37 bits per heavy atom. The van der Waals surface area contributed by atoms with Crippen molar-refractivity contribution in [1.29, 1.82) is 0 Å². The normalized spacial score (nSPS) is 24.4. The lowest BCUT2D eigenvalue weighted by Gasteiger charge is -2.33. The number of hydrogen-bond acceptors (Lipinski definition) is 4. The highest BCUT2D eigenvalue weighted by atomic mass is 19.4. The number of carbonyl (C=O) groups excluding carboxylic acids is 1. The Kier molecular flexibility index (Phi) is 3.86. The second kappa shape index (κ2) is 4.66. The Bertz CT molecular complexity index is 401.